The number of aliphatic carboxylic acids is 1. The lowest BCUT2D eigenvalue weighted by molar-refractivity contribution is -0.147. The molecule has 0 spiro atoms. The van der Waals surface area contributed by atoms with Gasteiger partial charge in [0.15, 0.2) is 5.54 Å². The number of carboxylic acid groups (broad SMARTS) is 1. The van der Waals surface area contributed by atoms with E-state index in [4.69, 9.17) is 5.73 Å². The normalized spacial score (nSPS) is 15.2. The fourth-order valence-corrected chi connectivity index (χ4v) is 1.86. The van der Waals surface area contributed by atoms with Gasteiger partial charge in [-0.05, 0) is 31.4 Å². The molecule has 0 aromatic heterocycles. The number of hydrogen-bond donors (Lipinski definition) is 3. The monoisotopic (exact) mass is 278 g/mol. The third kappa shape index (κ3) is 4.06. The van der Waals surface area contributed by atoms with Gasteiger partial charge in [0.05, 0.1) is 0 Å². The zero-order valence-electron chi connectivity index (χ0n) is 11.9. The van der Waals surface area contributed by atoms with Gasteiger partial charge in [-0.2, -0.15) is 0 Å². The fraction of sp³-hybridized carbons (Fsp3) is 0.467. The number of carboxylic acids is 1. The Morgan fingerprint density at radius 1 is 1.35 bits per heavy atom. The molecular formula is C15H22N2O3. The molecule has 2 unspecified atom stereocenters. The van der Waals surface area contributed by atoms with Crippen LogP contribution >= 0.6 is 0 Å². The second-order valence-electron chi connectivity index (χ2n) is 5.22. The molecule has 20 heavy (non-hydrogen) atoms. The molecule has 2 atom stereocenters. The third-order valence-electron chi connectivity index (χ3n) is 3.43. The van der Waals surface area contributed by atoms with Gasteiger partial charge >= 0.3 is 5.97 Å². The van der Waals surface area contributed by atoms with E-state index in [1.54, 1.807) is 30.3 Å². The Bertz CT molecular complexity index is 461. The number of carbonyl (C=O) groups excluding carboxylic acids is 1. The number of benzene rings is 1. The molecule has 0 aliphatic heterocycles. The summed E-state index contributed by atoms with van der Waals surface area (Å²) in [6, 6.07) is 8.68. The Kier molecular flexibility index (Phi) is 5.70. The first-order valence-electron chi connectivity index (χ1n) is 6.70. The maximum Gasteiger partial charge on any atom is 0.333 e. The van der Waals surface area contributed by atoms with Gasteiger partial charge in [-0.3, -0.25) is 4.79 Å². The minimum atomic E-state index is -1.41. The van der Waals surface area contributed by atoms with Crippen molar-refractivity contribution in [2.24, 2.45) is 11.7 Å². The van der Waals surface area contributed by atoms with Crippen molar-refractivity contribution in [3.05, 3.63) is 35.9 Å². The molecule has 1 aromatic rings. The number of carbonyl (C=O) groups is 2. The van der Waals surface area contributed by atoms with Gasteiger partial charge in [0.25, 0.3) is 0 Å². The second-order valence-corrected chi connectivity index (χ2v) is 5.22. The molecular weight excluding hydrogens is 256 g/mol. The molecule has 0 aliphatic rings. The van der Waals surface area contributed by atoms with Crippen molar-refractivity contribution < 1.29 is 14.7 Å². The van der Waals surface area contributed by atoms with Crippen molar-refractivity contribution in [2.45, 2.75) is 32.2 Å². The van der Waals surface area contributed by atoms with Crippen molar-refractivity contribution in [1.82, 2.24) is 5.32 Å². The van der Waals surface area contributed by atoms with Crippen LogP contribution in [0.2, 0.25) is 0 Å². The molecule has 0 bridgehead atoms. The highest BCUT2D eigenvalue weighted by Gasteiger charge is 2.36. The summed E-state index contributed by atoms with van der Waals surface area (Å²) in [5, 5.41) is 12.0. The highest BCUT2D eigenvalue weighted by Crippen LogP contribution is 2.21. The first-order chi connectivity index (χ1) is 9.40. The molecule has 110 valence electrons. The number of rotatable bonds is 7. The van der Waals surface area contributed by atoms with Crippen molar-refractivity contribution in [2.75, 3.05) is 6.54 Å². The van der Waals surface area contributed by atoms with Crippen molar-refractivity contribution in [1.29, 1.82) is 0 Å². The highest BCUT2D eigenvalue weighted by atomic mass is 16.4. The average molecular weight is 278 g/mol. The Hall–Kier alpha value is -1.88. The molecule has 0 radical (unpaired) electrons. The lowest BCUT2D eigenvalue weighted by Crippen LogP contribution is -2.49. The van der Waals surface area contributed by atoms with E-state index in [0.717, 1.165) is 0 Å². The smallest absolute Gasteiger partial charge is 0.333 e. The molecule has 0 heterocycles. The van der Waals surface area contributed by atoms with Crippen LogP contribution in [0.15, 0.2) is 30.3 Å². The van der Waals surface area contributed by atoms with E-state index in [1.807, 2.05) is 6.92 Å². The lowest BCUT2D eigenvalue weighted by Gasteiger charge is -2.27. The van der Waals surface area contributed by atoms with E-state index in [-0.39, 0.29) is 18.2 Å². The topological polar surface area (TPSA) is 92.4 Å². The second kappa shape index (κ2) is 7.05. The van der Waals surface area contributed by atoms with E-state index >= 15 is 0 Å². The van der Waals surface area contributed by atoms with Crippen molar-refractivity contribution in [3.63, 3.8) is 0 Å². The maximum absolute atomic E-state index is 11.9. The van der Waals surface area contributed by atoms with E-state index in [1.165, 1.54) is 6.92 Å². The number of hydrogen-bond acceptors (Lipinski definition) is 3. The van der Waals surface area contributed by atoms with Gasteiger partial charge < -0.3 is 16.2 Å². The zero-order valence-corrected chi connectivity index (χ0v) is 11.9. The standard InChI is InChI=1S/C15H22N2O3/c1-11(10-16)8-9-13(18)17-15(2,14(19)20)12-6-4-3-5-7-12/h3-7,11H,8-10,16H2,1-2H3,(H,17,18)(H,19,20). The summed E-state index contributed by atoms with van der Waals surface area (Å²) < 4.78 is 0. The van der Waals surface area contributed by atoms with Crippen LogP contribution < -0.4 is 11.1 Å². The van der Waals surface area contributed by atoms with Crippen LogP contribution in [-0.2, 0) is 15.1 Å². The molecule has 1 aromatic carbocycles. The van der Waals surface area contributed by atoms with Gasteiger partial charge in [-0.25, -0.2) is 4.79 Å². The van der Waals surface area contributed by atoms with Crippen LogP contribution in [-0.4, -0.2) is 23.5 Å². The Labute approximate surface area is 119 Å². The summed E-state index contributed by atoms with van der Waals surface area (Å²) in [5.74, 6) is -1.11. The van der Waals surface area contributed by atoms with Crippen LogP contribution in [0.3, 0.4) is 0 Å². The Morgan fingerprint density at radius 2 is 1.95 bits per heavy atom. The van der Waals surface area contributed by atoms with Gasteiger partial charge in [0.1, 0.15) is 0 Å². The van der Waals surface area contributed by atoms with E-state index in [0.29, 0.717) is 18.5 Å². The third-order valence-corrected chi connectivity index (χ3v) is 3.43. The average Bonchev–Trinajstić information content (AvgIpc) is 2.45. The minimum absolute atomic E-state index is 0.244. The summed E-state index contributed by atoms with van der Waals surface area (Å²) in [4.78, 5) is 23.5. The van der Waals surface area contributed by atoms with Crippen LogP contribution in [0, 0.1) is 5.92 Å². The predicted molar refractivity (Wildman–Crippen MR) is 77.0 cm³/mol. The number of amides is 1. The molecule has 0 saturated carbocycles. The summed E-state index contributed by atoms with van der Waals surface area (Å²) in [6.45, 7) is 3.97. The van der Waals surface area contributed by atoms with E-state index in [2.05, 4.69) is 5.32 Å². The summed E-state index contributed by atoms with van der Waals surface area (Å²) in [7, 11) is 0. The fourth-order valence-electron chi connectivity index (χ4n) is 1.86. The Balaban J connectivity index is 2.78. The first kappa shape index (κ1) is 16.2. The minimum Gasteiger partial charge on any atom is -0.479 e. The molecule has 5 nitrogen and oxygen atoms in total. The van der Waals surface area contributed by atoms with Gasteiger partial charge in [0.2, 0.25) is 5.91 Å². The Morgan fingerprint density at radius 3 is 2.45 bits per heavy atom. The SMILES string of the molecule is CC(CN)CCC(=O)NC(C)(C(=O)O)c1ccccc1. The molecule has 1 rings (SSSR count). The maximum atomic E-state index is 11.9. The molecule has 1 amide bonds. The summed E-state index contributed by atoms with van der Waals surface area (Å²) in [5.41, 5.74) is 4.64. The molecule has 5 heteroatoms. The van der Waals surface area contributed by atoms with Crippen LogP contribution in [0.25, 0.3) is 0 Å². The van der Waals surface area contributed by atoms with Gasteiger partial charge in [0, 0.05) is 6.42 Å². The van der Waals surface area contributed by atoms with Crippen LogP contribution in [0.1, 0.15) is 32.3 Å². The number of nitrogens with two attached hydrogens (primary N) is 1. The van der Waals surface area contributed by atoms with Crippen LogP contribution in [0.5, 0.6) is 0 Å². The van der Waals surface area contributed by atoms with E-state index < -0.39 is 11.5 Å². The molecule has 0 saturated heterocycles. The molecule has 0 fully saturated rings. The largest absolute Gasteiger partial charge is 0.479 e. The summed E-state index contributed by atoms with van der Waals surface area (Å²) in [6.07, 6.45) is 0.918. The first-order valence-corrected chi connectivity index (χ1v) is 6.70. The van der Waals surface area contributed by atoms with Crippen LogP contribution in [0.4, 0.5) is 0 Å². The van der Waals surface area contributed by atoms with Gasteiger partial charge in [-0.15, -0.1) is 0 Å². The van der Waals surface area contributed by atoms with Gasteiger partial charge in [-0.1, -0.05) is 37.3 Å². The zero-order chi connectivity index (χ0) is 15.2. The molecule has 4 N–H and O–H groups in total. The van der Waals surface area contributed by atoms with E-state index in [9.17, 15) is 14.7 Å². The predicted octanol–water partition coefficient (Wildman–Crippen LogP) is 1.48. The quantitative estimate of drug-likeness (QED) is 0.704. The summed E-state index contributed by atoms with van der Waals surface area (Å²) >= 11 is 0. The lowest BCUT2D eigenvalue weighted by atomic mass is 9.91. The number of nitrogens with one attached hydrogen (secondary N) is 1. The highest BCUT2D eigenvalue weighted by molar-refractivity contribution is 5.87. The van der Waals surface area contributed by atoms with Crippen molar-refractivity contribution >= 4 is 11.9 Å². The molecule has 0 aliphatic carbocycles. The van der Waals surface area contributed by atoms with Crippen molar-refractivity contribution in [3.8, 4) is 0 Å².